The minimum atomic E-state index is -0.323. The van der Waals surface area contributed by atoms with Crippen LogP contribution in [0.25, 0.3) is 16.7 Å². The molecule has 2 aromatic heterocycles. The second-order valence-electron chi connectivity index (χ2n) is 6.80. The Morgan fingerprint density at radius 3 is 2.63 bits per heavy atom. The Morgan fingerprint density at radius 2 is 1.90 bits per heavy atom. The molecule has 152 valence electrons. The van der Waals surface area contributed by atoms with E-state index >= 15 is 0 Å². The minimum Gasteiger partial charge on any atom is -0.494 e. The summed E-state index contributed by atoms with van der Waals surface area (Å²) in [6.45, 7) is 2.68. The Hall–Kier alpha value is -3.51. The highest BCUT2D eigenvalue weighted by Gasteiger charge is 2.14. The van der Waals surface area contributed by atoms with Crippen molar-refractivity contribution in [2.45, 2.75) is 13.3 Å². The molecule has 2 N–H and O–H groups in total. The molecule has 0 saturated heterocycles. The molecule has 7 heteroatoms. The number of hydrogen-bond donors (Lipinski definition) is 2. The van der Waals surface area contributed by atoms with Crippen molar-refractivity contribution in [1.29, 1.82) is 0 Å². The van der Waals surface area contributed by atoms with Gasteiger partial charge in [-0.15, -0.1) is 0 Å². The number of halogens is 1. The molecular weight excluding hydrogens is 402 g/mol. The Kier molecular flexibility index (Phi) is 5.59. The van der Waals surface area contributed by atoms with Crippen LogP contribution in [0.1, 0.15) is 23.8 Å². The first-order valence-electron chi connectivity index (χ1n) is 9.60. The number of ether oxygens (including phenoxy) is 1. The molecule has 2 aromatic carbocycles. The Labute approximate surface area is 178 Å². The molecule has 0 fully saturated rings. The Balaban J connectivity index is 1.68. The Bertz CT molecular complexity index is 1260. The van der Waals surface area contributed by atoms with Crippen LogP contribution in [-0.4, -0.2) is 22.1 Å². The number of amides is 1. The molecule has 0 bridgehead atoms. The Morgan fingerprint density at radius 1 is 1.10 bits per heavy atom. The van der Waals surface area contributed by atoms with E-state index in [1.54, 1.807) is 36.4 Å². The molecule has 6 nitrogen and oxygen atoms in total. The summed E-state index contributed by atoms with van der Waals surface area (Å²) < 4.78 is 7.14. The van der Waals surface area contributed by atoms with Gasteiger partial charge in [0.05, 0.1) is 12.3 Å². The SMILES string of the molecule is CCCOc1ccc(-n2c(=O)ccc3cc(C(=O)Nc4cccc(Cl)c4)[nH]c32)cc1. The van der Waals surface area contributed by atoms with Gasteiger partial charge in [-0.25, -0.2) is 0 Å². The first-order valence-corrected chi connectivity index (χ1v) is 9.98. The average Bonchev–Trinajstić information content (AvgIpc) is 3.17. The summed E-state index contributed by atoms with van der Waals surface area (Å²) in [5.41, 5.74) is 1.95. The van der Waals surface area contributed by atoms with Crippen LogP contribution in [0.4, 0.5) is 5.69 Å². The average molecular weight is 422 g/mol. The van der Waals surface area contributed by atoms with E-state index < -0.39 is 0 Å². The zero-order chi connectivity index (χ0) is 21.1. The lowest BCUT2D eigenvalue weighted by Gasteiger charge is -2.09. The maximum absolute atomic E-state index is 12.7. The first-order chi connectivity index (χ1) is 14.5. The highest BCUT2D eigenvalue weighted by atomic mass is 35.5. The number of rotatable bonds is 6. The zero-order valence-corrected chi connectivity index (χ0v) is 17.1. The van der Waals surface area contributed by atoms with E-state index in [0.29, 0.717) is 34.3 Å². The van der Waals surface area contributed by atoms with Crippen LogP contribution < -0.4 is 15.6 Å². The van der Waals surface area contributed by atoms with Gasteiger partial charge in [0, 0.05) is 22.2 Å². The standard InChI is InChI=1S/C23H20ClN3O3/c1-2-12-30-19-9-7-18(8-10-19)27-21(28)11-6-15-13-20(26-22(15)27)23(29)25-17-5-3-4-16(24)14-17/h3-11,13-14,26H,2,12H2,1H3,(H,25,29). The lowest BCUT2D eigenvalue weighted by molar-refractivity contribution is 0.102. The summed E-state index contributed by atoms with van der Waals surface area (Å²) >= 11 is 5.98. The van der Waals surface area contributed by atoms with E-state index in [1.165, 1.54) is 10.6 Å². The van der Waals surface area contributed by atoms with E-state index in [-0.39, 0.29) is 11.5 Å². The lowest BCUT2D eigenvalue weighted by atomic mass is 10.2. The van der Waals surface area contributed by atoms with Crippen LogP contribution in [0.15, 0.2) is 71.5 Å². The second kappa shape index (κ2) is 8.47. The van der Waals surface area contributed by atoms with E-state index in [4.69, 9.17) is 16.3 Å². The number of carbonyl (C=O) groups excluding carboxylic acids is 1. The third-order valence-electron chi connectivity index (χ3n) is 4.57. The lowest BCUT2D eigenvalue weighted by Crippen LogP contribution is -2.17. The van der Waals surface area contributed by atoms with Crippen molar-refractivity contribution in [3.63, 3.8) is 0 Å². The smallest absolute Gasteiger partial charge is 0.272 e. The number of fused-ring (bicyclic) bond motifs is 1. The predicted octanol–water partition coefficient (Wildman–Crippen LogP) is 5.01. The predicted molar refractivity (Wildman–Crippen MR) is 119 cm³/mol. The van der Waals surface area contributed by atoms with Crippen molar-refractivity contribution < 1.29 is 9.53 Å². The maximum atomic E-state index is 12.7. The van der Waals surface area contributed by atoms with Gasteiger partial charge in [0.25, 0.3) is 11.5 Å². The number of aromatic amines is 1. The van der Waals surface area contributed by atoms with Crippen LogP contribution in [0.2, 0.25) is 5.02 Å². The fraction of sp³-hybridized carbons (Fsp3) is 0.130. The highest BCUT2D eigenvalue weighted by molar-refractivity contribution is 6.31. The van der Waals surface area contributed by atoms with Gasteiger partial charge in [0.15, 0.2) is 0 Å². The van der Waals surface area contributed by atoms with Gasteiger partial charge in [-0.05, 0) is 61.0 Å². The molecule has 0 radical (unpaired) electrons. The number of aromatic nitrogens is 2. The van der Waals surface area contributed by atoms with Crippen LogP contribution in [0.3, 0.4) is 0 Å². The number of nitrogens with zero attached hydrogens (tertiary/aromatic N) is 1. The maximum Gasteiger partial charge on any atom is 0.272 e. The van der Waals surface area contributed by atoms with Gasteiger partial charge in [-0.3, -0.25) is 14.2 Å². The molecular formula is C23H20ClN3O3. The van der Waals surface area contributed by atoms with Crippen LogP contribution in [-0.2, 0) is 0 Å². The van der Waals surface area contributed by atoms with Crippen molar-refractivity contribution in [3.05, 3.63) is 87.8 Å². The van der Waals surface area contributed by atoms with Crippen molar-refractivity contribution in [3.8, 4) is 11.4 Å². The van der Waals surface area contributed by atoms with Crippen molar-refractivity contribution in [2.24, 2.45) is 0 Å². The van der Waals surface area contributed by atoms with Gasteiger partial charge < -0.3 is 15.0 Å². The molecule has 30 heavy (non-hydrogen) atoms. The number of H-pyrrole nitrogens is 1. The van der Waals surface area contributed by atoms with Crippen LogP contribution >= 0.6 is 11.6 Å². The molecule has 0 aliphatic rings. The summed E-state index contributed by atoms with van der Waals surface area (Å²) in [4.78, 5) is 28.4. The normalized spacial score (nSPS) is 10.9. The molecule has 0 unspecified atom stereocenters. The first kappa shape index (κ1) is 19.8. The fourth-order valence-corrected chi connectivity index (χ4v) is 3.36. The van der Waals surface area contributed by atoms with Crippen molar-refractivity contribution >= 4 is 34.2 Å². The van der Waals surface area contributed by atoms with Gasteiger partial charge in [0.1, 0.15) is 17.1 Å². The third-order valence-corrected chi connectivity index (χ3v) is 4.81. The monoisotopic (exact) mass is 421 g/mol. The zero-order valence-electron chi connectivity index (χ0n) is 16.3. The largest absolute Gasteiger partial charge is 0.494 e. The number of benzene rings is 2. The molecule has 0 aliphatic carbocycles. The highest BCUT2D eigenvalue weighted by Crippen LogP contribution is 2.21. The van der Waals surface area contributed by atoms with Gasteiger partial charge in [-0.1, -0.05) is 24.6 Å². The number of nitrogens with one attached hydrogen (secondary N) is 2. The van der Waals surface area contributed by atoms with E-state index in [2.05, 4.69) is 10.3 Å². The topological polar surface area (TPSA) is 76.1 Å². The minimum absolute atomic E-state index is 0.201. The van der Waals surface area contributed by atoms with E-state index in [0.717, 1.165) is 17.6 Å². The molecule has 2 heterocycles. The molecule has 0 saturated carbocycles. The van der Waals surface area contributed by atoms with Crippen LogP contribution in [0, 0.1) is 0 Å². The van der Waals surface area contributed by atoms with Crippen molar-refractivity contribution in [1.82, 2.24) is 9.55 Å². The third kappa shape index (κ3) is 4.09. The summed E-state index contributed by atoms with van der Waals surface area (Å²) in [6, 6.07) is 19.1. The summed E-state index contributed by atoms with van der Waals surface area (Å²) in [6.07, 6.45) is 0.920. The summed E-state index contributed by atoms with van der Waals surface area (Å²) in [7, 11) is 0. The summed E-state index contributed by atoms with van der Waals surface area (Å²) in [5, 5.41) is 4.08. The molecule has 1 amide bonds. The number of anilines is 1. The quantitative estimate of drug-likeness (QED) is 0.459. The second-order valence-corrected chi connectivity index (χ2v) is 7.24. The molecule has 0 spiro atoms. The van der Waals surface area contributed by atoms with Crippen molar-refractivity contribution in [2.75, 3.05) is 11.9 Å². The van der Waals surface area contributed by atoms with E-state index in [9.17, 15) is 9.59 Å². The fourth-order valence-electron chi connectivity index (χ4n) is 3.17. The van der Waals surface area contributed by atoms with Gasteiger partial charge in [-0.2, -0.15) is 0 Å². The number of carbonyl (C=O) groups is 1. The molecule has 4 aromatic rings. The molecule has 0 aliphatic heterocycles. The van der Waals surface area contributed by atoms with Crippen LogP contribution in [0.5, 0.6) is 5.75 Å². The number of pyridine rings is 1. The van der Waals surface area contributed by atoms with Gasteiger partial charge >= 0.3 is 0 Å². The summed E-state index contributed by atoms with van der Waals surface area (Å²) in [5.74, 6) is 0.421. The molecule has 4 rings (SSSR count). The van der Waals surface area contributed by atoms with Gasteiger partial charge in [0.2, 0.25) is 0 Å². The number of hydrogen-bond acceptors (Lipinski definition) is 3. The van der Waals surface area contributed by atoms with E-state index in [1.807, 2.05) is 31.2 Å². The molecule has 0 atom stereocenters.